The summed E-state index contributed by atoms with van der Waals surface area (Å²) in [5, 5.41) is 14.2. The quantitative estimate of drug-likeness (QED) is 0.565. The zero-order valence-electron chi connectivity index (χ0n) is 18.9. The van der Waals surface area contributed by atoms with Gasteiger partial charge in [-0.15, -0.1) is 0 Å². The summed E-state index contributed by atoms with van der Waals surface area (Å²) in [6.07, 6.45) is -3.20. The Labute approximate surface area is 201 Å². The molecule has 1 aromatic rings. The van der Waals surface area contributed by atoms with Gasteiger partial charge in [-0.05, 0) is 31.4 Å². The molecule has 4 rings (SSSR count). The third kappa shape index (κ3) is 8.78. The molecule has 3 aliphatic rings. The van der Waals surface area contributed by atoms with Crippen LogP contribution in [0.3, 0.4) is 0 Å². The third-order valence-corrected chi connectivity index (χ3v) is 5.82. The van der Waals surface area contributed by atoms with Crippen molar-refractivity contribution < 1.29 is 60.4 Å². The lowest BCUT2D eigenvalue weighted by atomic mass is 9.79. The molecule has 15 heteroatoms. The van der Waals surface area contributed by atoms with Crippen molar-refractivity contribution in [3.8, 4) is 5.75 Å². The number of aromatic nitrogens is 1. The molecule has 0 amide bonds. The zero-order valence-corrected chi connectivity index (χ0v) is 18.9. The normalized spacial score (nSPS) is 21.9. The molecule has 1 aromatic heterocycles. The van der Waals surface area contributed by atoms with E-state index in [1.54, 1.807) is 12.4 Å². The standard InChI is InChI=1S/C17H24N2O3.2C2HF3O2/c1-2-16(10-18-6-1)21-11-14-3-9-22-17(14)12-19(13-17)15-4-7-20-8-5-15;2*3-2(4,5)1(6)7/h1-2,6,10,14-15H,3-5,7-9,11-13H2;2*(H,6,7). The Kier molecular flexibility index (Phi) is 10.3. The van der Waals surface area contributed by atoms with Gasteiger partial charge in [0.1, 0.15) is 5.75 Å². The number of halogens is 6. The summed E-state index contributed by atoms with van der Waals surface area (Å²) in [5.74, 6) is -4.17. The molecule has 0 aliphatic carbocycles. The summed E-state index contributed by atoms with van der Waals surface area (Å²) in [6.45, 7) is 5.51. The highest BCUT2D eigenvalue weighted by molar-refractivity contribution is 5.73. The monoisotopic (exact) mass is 532 g/mol. The molecular formula is C21H26F6N2O7. The van der Waals surface area contributed by atoms with Crippen molar-refractivity contribution in [1.82, 2.24) is 9.88 Å². The van der Waals surface area contributed by atoms with E-state index < -0.39 is 24.3 Å². The summed E-state index contributed by atoms with van der Waals surface area (Å²) < 4.78 is 81.0. The topological polar surface area (TPSA) is 118 Å². The van der Waals surface area contributed by atoms with Crippen molar-refractivity contribution in [3.05, 3.63) is 24.5 Å². The number of hydrogen-bond donors (Lipinski definition) is 2. The first-order valence-corrected chi connectivity index (χ1v) is 10.8. The van der Waals surface area contributed by atoms with Crippen molar-refractivity contribution in [2.75, 3.05) is 39.5 Å². The molecule has 4 heterocycles. The third-order valence-electron chi connectivity index (χ3n) is 5.82. The number of alkyl halides is 6. The number of carboxylic acid groups (broad SMARTS) is 2. The molecule has 3 fully saturated rings. The van der Waals surface area contributed by atoms with Gasteiger partial charge in [0, 0.05) is 51.1 Å². The van der Waals surface area contributed by atoms with Crippen molar-refractivity contribution in [3.63, 3.8) is 0 Å². The van der Waals surface area contributed by atoms with E-state index >= 15 is 0 Å². The molecule has 204 valence electrons. The van der Waals surface area contributed by atoms with Crippen LogP contribution in [0.2, 0.25) is 0 Å². The summed E-state index contributed by atoms with van der Waals surface area (Å²) in [4.78, 5) is 24.5. The van der Waals surface area contributed by atoms with Crippen LogP contribution in [-0.4, -0.2) is 95.5 Å². The van der Waals surface area contributed by atoms with Crippen molar-refractivity contribution in [2.45, 2.75) is 43.3 Å². The Morgan fingerprint density at radius 1 is 1.03 bits per heavy atom. The zero-order chi connectivity index (χ0) is 27.0. The van der Waals surface area contributed by atoms with Gasteiger partial charge >= 0.3 is 24.3 Å². The van der Waals surface area contributed by atoms with Crippen LogP contribution in [0.25, 0.3) is 0 Å². The van der Waals surface area contributed by atoms with Gasteiger partial charge in [0.2, 0.25) is 0 Å². The minimum atomic E-state index is -5.08. The van der Waals surface area contributed by atoms with Crippen molar-refractivity contribution >= 4 is 11.9 Å². The van der Waals surface area contributed by atoms with E-state index in [1.165, 1.54) is 0 Å². The molecule has 9 nitrogen and oxygen atoms in total. The van der Waals surface area contributed by atoms with Crippen LogP contribution in [0.1, 0.15) is 19.3 Å². The van der Waals surface area contributed by atoms with Crippen LogP contribution in [0.4, 0.5) is 26.3 Å². The van der Waals surface area contributed by atoms with E-state index in [1.807, 2.05) is 12.1 Å². The van der Waals surface area contributed by atoms with E-state index in [0.717, 1.165) is 64.5 Å². The van der Waals surface area contributed by atoms with E-state index in [0.29, 0.717) is 12.0 Å². The Hall–Kier alpha value is -2.65. The van der Waals surface area contributed by atoms with E-state index in [9.17, 15) is 26.3 Å². The Morgan fingerprint density at radius 2 is 1.58 bits per heavy atom. The average molecular weight is 532 g/mol. The van der Waals surface area contributed by atoms with E-state index in [2.05, 4.69) is 9.88 Å². The second kappa shape index (κ2) is 12.5. The number of likely N-dealkylation sites (tertiary alicyclic amines) is 1. The molecule has 1 unspecified atom stereocenters. The molecule has 36 heavy (non-hydrogen) atoms. The first kappa shape index (κ1) is 29.6. The lowest BCUT2D eigenvalue weighted by molar-refractivity contribution is -0.193. The predicted octanol–water partition coefficient (Wildman–Crippen LogP) is 3.00. The number of aliphatic carboxylic acids is 2. The van der Waals surface area contributed by atoms with Crippen LogP contribution in [0.5, 0.6) is 5.75 Å². The first-order chi connectivity index (χ1) is 16.7. The highest BCUT2D eigenvalue weighted by Gasteiger charge is 2.54. The van der Waals surface area contributed by atoms with Crippen molar-refractivity contribution in [1.29, 1.82) is 0 Å². The van der Waals surface area contributed by atoms with Crippen LogP contribution >= 0.6 is 0 Å². The molecule has 3 saturated heterocycles. The van der Waals surface area contributed by atoms with E-state index in [4.69, 9.17) is 34.0 Å². The highest BCUT2D eigenvalue weighted by Crippen LogP contribution is 2.42. The van der Waals surface area contributed by atoms with Gasteiger partial charge in [0.15, 0.2) is 0 Å². The number of carboxylic acids is 2. The maximum atomic E-state index is 10.6. The fourth-order valence-corrected chi connectivity index (χ4v) is 3.95. The van der Waals surface area contributed by atoms with Gasteiger partial charge in [-0.1, -0.05) is 0 Å². The summed E-state index contributed by atoms with van der Waals surface area (Å²) in [7, 11) is 0. The Balaban J connectivity index is 0.000000271. The SMILES string of the molecule is O=C(O)C(F)(F)F.O=C(O)C(F)(F)F.c1cncc(OCC2CCOC23CN(C2CCOCC2)C3)c1. The first-order valence-electron chi connectivity index (χ1n) is 10.8. The van der Waals surface area contributed by atoms with Gasteiger partial charge in [-0.3, -0.25) is 9.88 Å². The largest absolute Gasteiger partial charge is 0.492 e. The summed E-state index contributed by atoms with van der Waals surface area (Å²) >= 11 is 0. The second-order valence-corrected chi connectivity index (χ2v) is 8.25. The Morgan fingerprint density at radius 3 is 2.06 bits per heavy atom. The number of hydrogen-bond acceptors (Lipinski definition) is 7. The maximum Gasteiger partial charge on any atom is 0.490 e. The van der Waals surface area contributed by atoms with Gasteiger partial charge in [0.25, 0.3) is 0 Å². The lowest BCUT2D eigenvalue weighted by Crippen LogP contribution is -2.68. The van der Waals surface area contributed by atoms with Gasteiger partial charge in [0.05, 0.1) is 18.4 Å². The number of ether oxygens (including phenoxy) is 3. The van der Waals surface area contributed by atoms with Crippen molar-refractivity contribution in [2.24, 2.45) is 5.92 Å². The smallest absolute Gasteiger partial charge is 0.490 e. The molecule has 0 aromatic carbocycles. The minimum absolute atomic E-state index is 0.0283. The van der Waals surface area contributed by atoms with Gasteiger partial charge < -0.3 is 24.4 Å². The molecular weight excluding hydrogens is 506 g/mol. The fraction of sp³-hybridized carbons (Fsp3) is 0.667. The molecule has 3 aliphatic heterocycles. The molecule has 0 radical (unpaired) electrons. The van der Waals surface area contributed by atoms with E-state index in [-0.39, 0.29) is 5.60 Å². The minimum Gasteiger partial charge on any atom is -0.492 e. The Bertz CT molecular complexity index is 817. The van der Waals surface area contributed by atoms with Crippen LogP contribution in [-0.2, 0) is 19.1 Å². The van der Waals surface area contributed by atoms with Gasteiger partial charge in [-0.2, -0.15) is 26.3 Å². The molecule has 1 atom stereocenters. The average Bonchev–Trinajstić information content (AvgIpc) is 3.22. The molecule has 1 spiro atoms. The lowest BCUT2D eigenvalue weighted by Gasteiger charge is -2.53. The van der Waals surface area contributed by atoms with Crippen LogP contribution in [0.15, 0.2) is 24.5 Å². The summed E-state index contributed by atoms with van der Waals surface area (Å²) in [5.41, 5.74) is 0.0283. The fourth-order valence-electron chi connectivity index (χ4n) is 3.95. The molecule has 2 N–H and O–H groups in total. The van der Waals surface area contributed by atoms with Crippen LogP contribution < -0.4 is 4.74 Å². The summed E-state index contributed by atoms with van der Waals surface area (Å²) in [6, 6.07) is 4.56. The molecule has 0 bridgehead atoms. The second-order valence-electron chi connectivity index (χ2n) is 8.25. The number of carbonyl (C=O) groups is 2. The van der Waals surface area contributed by atoms with Gasteiger partial charge in [-0.25, -0.2) is 9.59 Å². The highest BCUT2D eigenvalue weighted by atomic mass is 19.4. The number of pyridine rings is 1. The predicted molar refractivity (Wildman–Crippen MR) is 109 cm³/mol. The number of rotatable bonds is 4. The number of nitrogens with zero attached hydrogens (tertiary/aromatic N) is 2. The maximum absolute atomic E-state index is 10.6. The van der Waals surface area contributed by atoms with Crippen LogP contribution in [0, 0.1) is 5.92 Å². The molecule has 0 saturated carbocycles.